The molecule has 2 aliphatic carbocycles. The minimum atomic E-state index is -2.26. The maximum atomic E-state index is 14.7. The second-order valence-electron chi connectivity index (χ2n) is 31.2. The van der Waals surface area contributed by atoms with Crippen molar-refractivity contribution in [2.45, 2.75) is 252 Å². The Hall–Kier alpha value is -8.02. The van der Waals surface area contributed by atoms with Gasteiger partial charge in [-0.3, -0.25) is 48.5 Å². The summed E-state index contributed by atoms with van der Waals surface area (Å²) >= 11 is 2.77. The maximum Gasteiger partial charge on any atom is 0.411 e. The molecule has 2 aromatic rings. The van der Waals surface area contributed by atoms with Crippen molar-refractivity contribution in [2.24, 2.45) is 5.92 Å². The average Bonchev–Trinajstić information content (AvgIpc) is 1.31. The fourth-order valence-corrected chi connectivity index (χ4v) is 18.7. The number of epoxide rings is 1. The zero-order chi connectivity index (χ0) is 93.5. The Bertz CT molecular complexity index is 4480. The van der Waals surface area contributed by atoms with Crippen molar-refractivity contribution >= 4 is 120 Å². The highest BCUT2D eigenvalue weighted by Gasteiger charge is 2.59. The third-order valence-corrected chi connectivity index (χ3v) is 27.2. The van der Waals surface area contributed by atoms with E-state index >= 15 is 0 Å². The lowest BCUT2D eigenvalue weighted by Crippen LogP contribution is -2.65. The van der Waals surface area contributed by atoms with Gasteiger partial charge < -0.3 is 134 Å². The van der Waals surface area contributed by atoms with Crippen LogP contribution in [0.3, 0.4) is 0 Å². The van der Waals surface area contributed by atoms with Crippen molar-refractivity contribution in [1.29, 1.82) is 0 Å². The van der Waals surface area contributed by atoms with E-state index in [0.717, 1.165) is 18.9 Å². The van der Waals surface area contributed by atoms with Gasteiger partial charge in [-0.1, -0.05) is 96.0 Å². The lowest BCUT2D eigenvalue weighted by Gasteiger charge is -2.47. The number of halogens is 1. The van der Waals surface area contributed by atoms with Crippen LogP contribution in [0.2, 0.25) is 0 Å². The normalized spacial score (nSPS) is 28.5. The number of benzene rings is 2. The number of allylic oxidation sites excluding steroid dienone is 3. The van der Waals surface area contributed by atoms with Crippen molar-refractivity contribution < 1.29 is 155 Å². The van der Waals surface area contributed by atoms with Crippen molar-refractivity contribution in [3.63, 3.8) is 0 Å². The molecule has 0 spiro atoms. The van der Waals surface area contributed by atoms with Crippen LogP contribution in [0.1, 0.15) is 121 Å². The summed E-state index contributed by atoms with van der Waals surface area (Å²) in [5.74, 6) is 6.75. The van der Waals surface area contributed by atoms with Gasteiger partial charge >= 0.3 is 18.2 Å². The molecule has 128 heavy (non-hydrogen) atoms. The molecule has 44 heteroatoms. The van der Waals surface area contributed by atoms with Gasteiger partial charge in [0.25, 0.3) is 0 Å². The molecule has 23 atom stereocenters. The summed E-state index contributed by atoms with van der Waals surface area (Å²) in [5.41, 5.74) is 1.33. The Balaban J connectivity index is 0.899. The molecule has 9 rings (SSSR count). The number of aliphatic hydroxyl groups is 6. The fraction of sp³-hybridized carbons (Fsp3) is 0.619. The average molecular weight is 1970 g/mol. The molecule has 0 radical (unpaired) electrons. The van der Waals surface area contributed by atoms with E-state index in [9.17, 15) is 78.6 Å². The van der Waals surface area contributed by atoms with Crippen LogP contribution in [0.15, 0.2) is 59.3 Å². The van der Waals surface area contributed by atoms with E-state index < -0.39 is 212 Å². The maximum absolute atomic E-state index is 14.7. The molecule has 0 saturated carbocycles. The Morgan fingerprint density at radius 3 is 2.19 bits per heavy atom. The third kappa shape index (κ3) is 27.6. The molecular weight excluding hydrogens is 1860 g/mol. The number of thioether (sulfide) groups is 1. The van der Waals surface area contributed by atoms with Crippen molar-refractivity contribution in [1.82, 2.24) is 37.0 Å². The van der Waals surface area contributed by atoms with Gasteiger partial charge in [0.05, 0.1) is 104 Å². The van der Waals surface area contributed by atoms with Crippen LogP contribution in [-0.2, 0) is 97.1 Å². The number of alkyl carbamates (subject to hydrolysis) is 2. The van der Waals surface area contributed by atoms with E-state index in [-0.39, 0.29) is 122 Å². The molecule has 5 fully saturated rings. The predicted octanol–water partition coefficient (Wildman–Crippen LogP) is 2.54. The smallest absolute Gasteiger partial charge is 0.411 e. The Morgan fingerprint density at radius 1 is 0.797 bits per heavy atom. The number of methoxy groups -OCH3 is 5. The van der Waals surface area contributed by atoms with Crippen LogP contribution in [0.25, 0.3) is 0 Å². The molecule has 0 aromatic heterocycles. The number of anilines is 1. The molecule has 19 unspecified atom stereocenters. The van der Waals surface area contributed by atoms with Gasteiger partial charge in [0.15, 0.2) is 48.0 Å². The molecular formula is C84H113IN8O32S3. The number of carbonyl (C=O) groups excluding carboxylic acids is 9. The van der Waals surface area contributed by atoms with E-state index in [1.807, 2.05) is 29.5 Å². The van der Waals surface area contributed by atoms with Crippen LogP contribution in [0.5, 0.6) is 17.2 Å². The van der Waals surface area contributed by atoms with E-state index in [1.165, 1.54) is 86.1 Å². The number of aliphatic carboxylic acids is 1. The number of carboxylic acids is 1. The summed E-state index contributed by atoms with van der Waals surface area (Å²) in [6.07, 6.45) is -17.8. The number of aliphatic hydroxyl groups excluding tert-OH is 5. The largest absolute Gasteiger partial charge is 0.492 e. The topological polar surface area (TPSA) is 542 Å². The first-order chi connectivity index (χ1) is 61.0. The summed E-state index contributed by atoms with van der Waals surface area (Å²) in [7, 11) is 9.30. The number of carboxylic acid groups (broad SMARTS) is 1. The van der Waals surface area contributed by atoms with Crippen molar-refractivity contribution in [3.8, 4) is 40.9 Å². The molecule has 14 N–H and O–H groups in total. The molecule has 5 aliphatic heterocycles. The third-order valence-electron chi connectivity index (χ3n) is 21.7. The summed E-state index contributed by atoms with van der Waals surface area (Å²) in [5, 5.41) is 90.5. The number of hydroxylamine groups is 1. The number of Topliss-reactive ketones (excluding diaryl/α,β-unsaturated/α-hetero) is 1. The summed E-state index contributed by atoms with van der Waals surface area (Å²) in [4.78, 5) is 140. The molecule has 2 bridgehead atoms. The first-order valence-corrected chi connectivity index (χ1v) is 45.7. The number of fused-ring (bicyclic) bond motifs is 3. The Labute approximate surface area is 765 Å². The first kappa shape index (κ1) is 104. The monoisotopic (exact) mass is 1970 g/mol. The van der Waals surface area contributed by atoms with Crippen molar-refractivity contribution in [3.05, 3.63) is 79.6 Å². The molecule has 7 aliphatic rings. The minimum Gasteiger partial charge on any atom is -0.492 e. The van der Waals surface area contributed by atoms with Crippen LogP contribution in [0, 0.1) is 40.1 Å². The van der Waals surface area contributed by atoms with Gasteiger partial charge in [-0.15, -0.1) is 0 Å². The highest BCUT2D eigenvalue weighted by atomic mass is 127. The number of carbonyl (C=O) groups is 10. The quantitative estimate of drug-likeness (QED) is 0.0113. The fourth-order valence-electron chi connectivity index (χ4n) is 14.7. The molecule has 5 saturated heterocycles. The summed E-state index contributed by atoms with van der Waals surface area (Å²) < 4.78 is 84.6. The highest BCUT2D eigenvalue weighted by Crippen LogP contribution is 2.50. The molecule has 5 heterocycles. The van der Waals surface area contributed by atoms with E-state index in [4.69, 9.17) is 76.3 Å². The number of nitrogens with zero attached hydrogens (tertiary/aromatic N) is 1. The van der Waals surface area contributed by atoms with Gasteiger partial charge in [-0.2, -0.15) is 5.48 Å². The second kappa shape index (κ2) is 48.9. The Kier molecular flexibility index (Phi) is 39.6. The zero-order valence-electron chi connectivity index (χ0n) is 72.8. The number of nitrogens with one attached hydrogen (secondary N) is 7. The number of hydrogen-bond donors (Lipinski definition) is 14. The first-order valence-electron chi connectivity index (χ1n) is 41.4. The zero-order valence-corrected chi connectivity index (χ0v) is 77.4. The van der Waals surface area contributed by atoms with Crippen LogP contribution >= 0.6 is 55.9 Å². The number of likely N-dealkylation sites (N-methyl/N-ethyl adjacent to an activating group) is 1. The molecule has 40 nitrogen and oxygen atoms in total. The van der Waals surface area contributed by atoms with Crippen LogP contribution < -0.4 is 51.6 Å². The summed E-state index contributed by atoms with van der Waals surface area (Å²) in [6, 6.07) is 2.06. The number of ketones is 1. The number of amides is 7. The van der Waals surface area contributed by atoms with Gasteiger partial charge in [-0.05, 0) is 111 Å². The number of rotatable bonds is 42. The lowest BCUT2D eigenvalue weighted by molar-refractivity contribution is -0.337. The number of hydrogen-bond acceptors (Lipinski definition) is 35. The Morgan fingerprint density at radius 2 is 1.52 bits per heavy atom. The molecule has 706 valence electrons. The van der Waals surface area contributed by atoms with Crippen LogP contribution in [-0.4, -0.2) is 312 Å². The van der Waals surface area contributed by atoms with Crippen molar-refractivity contribution in [2.75, 3.05) is 79.5 Å². The van der Waals surface area contributed by atoms with Crippen LogP contribution in [0.4, 0.5) is 15.3 Å². The van der Waals surface area contributed by atoms with E-state index in [1.54, 1.807) is 59.8 Å². The van der Waals surface area contributed by atoms with E-state index in [2.05, 4.69) is 61.1 Å². The lowest BCUT2D eigenvalue weighted by atomic mass is 9.75. The van der Waals surface area contributed by atoms with Gasteiger partial charge in [-0.25, -0.2) is 9.59 Å². The highest BCUT2D eigenvalue weighted by molar-refractivity contribution is 14.1. The predicted molar refractivity (Wildman–Crippen MR) is 467 cm³/mol. The van der Waals surface area contributed by atoms with Gasteiger partial charge in [0, 0.05) is 87.2 Å². The van der Waals surface area contributed by atoms with E-state index in [0.29, 0.717) is 26.8 Å². The standard InChI is InChI=1S/C84H113IN8O32S3/c1-14-93(57(100)36-87-82(108)117-38-46-24-26-47(27-25-46)89-76(105)43(6)88-77(106)64(40(2)3)90-56(99)21-19-22-58(101)102)50-39-116-59(33-54(50)111-9)121-72-67(103)65(92-125-60-32-51(96)75(45(8)118-60)127-78(107)61-42(5)63(85)70(73(114-12)69(61)112-10)122-79-68(104)71(113-11)74-81(123-74)124-79)44(7)119-80(72)120-53-20-17-15-16-18-30-84(110)34-52(97)66(91-83(109)115-13)62(53)49(84)29-31-126-128-41(4)23-28-55(98)86-35-48(95)37-94/h15-16,24-27,29,40-41,43-45,48,50-51,53-54,59-60,64-65,67-68,71-72,74-75,79-81,92,94-96,103-104,110H,14,19,21-23,28,31-39H2,1-13H3,(H,86,98)(H,87,108)(H,88,106)(H,89,105)(H,90,99)(H,91,109)(H,101,102)/b16-15-,49-29+/t41?,43-,44?,45?,48?,50?,51?,53-,54?,59?,60?,64-,65?,67?,68?,71?,72?,74?,75?,79?,80?,81?,84-/m0/s1. The summed E-state index contributed by atoms with van der Waals surface area (Å²) in [6.45, 7) is 11.7. The van der Waals surface area contributed by atoms with Gasteiger partial charge in [0.1, 0.15) is 61.9 Å². The molecule has 7 amide bonds. The van der Waals surface area contributed by atoms with Gasteiger partial charge in [0.2, 0.25) is 46.7 Å². The number of ether oxygens (including phenoxy) is 14. The molecule has 2 aromatic carbocycles. The second-order valence-corrected chi connectivity index (χ2v) is 36.2. The SMILES string of the molecule is CCN(C(=O)CNC(=O)OCc1ccc(NC(=O)[C@H](C)NC(=O)[C@@H](NC(=O)CCCC(=O)O)C(C)C)cc1)C1COC(OC2C(O[C@H]3C#C/C=C\C#C[C@]4(O)CC(=O)C(NC(=O)OC)=C3/C4=C\CSSC(C)CCC(=O)NCC(O)CO)OC(C)C(NOC3CC(O)C(SC(=O)c4c(C)c(I)c(OC5OC6OC6C(OC)C5O)c(OC)c4OC)C(C)O3)C2O)CC1OC. The minimum absolute atomic E-state index is 0.00548.